The minimum Gasteiger partial charge on any atom is -0.507 e. The molecule has 0 aliphatic carbocycles. The normalized spacial score (nSPS) is 13.2. The van der Waals surface area contributed by atoms with Crippen LogP contribution in [0.25, 0.3) is 0 Å². The van der Waals surface area contributed by atoms with Crippen molar-refractivity contribution in [3.63, 3.8) is 0 Å². The van der Waals surface area contributed by atoms with Crippen molar-refractivity contribution in [2.75, 3.05) is 12.5 Å². The minimum atomic E-state index is -1.82. The largest absolute Gasteiger partial charge is 0.507 e. The molecule has 0 fully saturated rings. The number of aromatic hydroxyl groups is 1. The Labute approximate surface area is 198 Å². The van der Waals surface area contributed by atoms with Gasteiger partial charge in [-0.15, -0.1) is 0 Å². The Morgan fingerprint density at radius 1 is 0.781 bits per heavy atom. The molecule has 0 amide bonds. The van der Waals surface area contributed by atoms with E-state index in [4.69, 9.17) is 9.47 Å². The Kier molecular flexibility index (Phi) is 7.67. The second kappa shape index (κ2) is 9.26. The zero-order valence-electron chi connectivity index (χ0n) is 22.1. The van der Waals surface area contributed by atoms with E-state index in [1.54, 1.807) is 0 Å². The number of hydrogen-bond donors (Lipinski definition) is 1. The average molecular weight is 473 g/mol. The molecule has 2 aromatic rings. The lowest BCUT2D eigenvalue weighted by Crippen LogP contribution is -2.47. The third-order valence-corrected chi connectivity index (χ3v) is 9.34. The maximum absolute atomic E-state index is 11.4. The molecule has 3 nitrogen and oxygen atoms in total. The monoisotopic (exact) mass is 472 g/mol. The highest BCUT2D eigenvalue weighted by Gasteiger charge is 2.34. The van der Waals surface area contributed by atoms with Crippen LogP contribution >= 0.6 is 0 Å². The molecule has 0 radical (unpaired) electrons. The second-order valence-corrected chi connectivity index (χ2v) is 22.9. The van der Waals surface area contributed by atoms with Gasteiger partial charge in [-0.1, -0.05) is 110 Å². The van der Waals surface area contributed by atoms with Crippen LogP contribution in [-0.4, -0.2) is 33.7 Å². The van der Waals surface area contributed by atoms with Gasteiger partial charge in [0.25, 0.3) is 0 Å². The predicted octanol–water partition coefficient (Wildman–Crippen LogP) is 6.78. The van der Waals surface area contributed by atoms with Gasteiger partial charge in [0.1, 0.15) is 13.8 Å². The van der Waals surface area contributed by atoms with Gasteiger partial charge in [-0.05, 0) is 16.9 Å². The van der Waals surface area contributed by atoms with Crippen LogP contribution in [0, 0.1) is 0 Å². The van der Waals surface area contributed by atoms with Crippen molar-refractivity contribution in [3.05, 3.63) is 47.5 Å². The fraction of sp³-hybridized carbons (Fsp3) is 0.556. The fourth-order valence-corrected chi connectivity index (χ4v) is 6.02. The summed E-state index contributed by atoms with van der Waals surface area (Å²) in [6.07, 6.45) is 1.33. The van der Waals surface area contributed by atoms with Crippen molar-refractivity contribution in [3.8, 4) is 17.2 Å². The molecule has 0 saturated heterocycles. The fourth-order valence-electron chi connectivity index (χ4n) is 3.67. The lowest BCUT2D eigenvalue weighted by Gasteiger charge is -2.32. The zero-order chi connectivity index (χ0) is 24.5. The molecule has 0 spiro atoms. The lowest BCUT2D eigenvalue weighted by atomic mass is 9.78. The standard InChI is InChI=1S/C27H44O3Si2/c1-26(2,3)21-17-22(29-19-32(10,11)20-15-13-12-14-16-20)25(30-18-31(7,8)9)23(24(21)28)27(4,5)6/h12-17,28H,18-19H2,1-11H3. The van der Waals surface area contributed by atoms with E-state index < -0.39 is 16.1 Å². The quantitative estimate of drug-likeness (QED) is 0.452. The van der Waals surface area contributed by atoms with Gasteiger partial charge < -0.3 is 14.6 Å². The first-order valence-electron chi connectivity index (χ1n) is 11.7. The maximum atomic E-state index is 11.4. The predicted molar refractivity (Wildman–Crippen MR) is 143 cm³/mol. The van der Waals surface area contributed by atoms with Gasteiger partial charge in [-0.25, -0.2) is 0 Å². The van der Waals surface area contributed by atoms with Crippen LogP contribution in [0.2, 0.25) is 32.7 Å². The highest BCUT2D eigenvalue weighted by molar-refractivity contribution is 6.89. The molecular formula is C27H44O3Si2. The average Bonchev–Trinajstić information content (AvgIpc) is 2.63. The molecule has 32 heavy (non-hydrogen) atoms. The van der Waals surface area contributed by atoms with E-state index in [2.05, 4.69) is 105 Å². The van der Waals surface area contributed by atoms with Gasteiger partial charge in [0.2, 0.25) is 0 Å². The molecule has 2 aromatic carbocycles. The number of phenols is 1. The van der Waals surface area contributed by atoms with Crippen molar-refractivity contribution >= 4 is 21.3 Å². The number of rotatable bonds is 7. The van der Waals surface area contributed by atoms with Crippen molar-refractivity contribution in [2.45, 2.75) is 85.1 Å². The van der Waals surface area contributed by atoms with Crippen LogP contribution in [0.4, 0.5) is 0 Å². The van der Waals surface area contributed by atoms with E-state index >= 15 is 0 Å². The molecule has 178 valence electrons. The van der Waals surface area contributed by atoms with Gasteiger partial charge in [0.15, 0.2) is 11.5 Å². The summed E-state index contributed by atoms with van der Waals surface area (Å²) in [5.41, 5.74) is 1.24. The van der Waals surface area contributed by atoms with E-state index in [9.17, 15) is 5.11 Å². The topological polar surface area (TPSA) is 38.7 Å². The Morgan fingerprint density at radius 2 is 1.34 bits per heavy atom. The molecule has 0 atom stereocenters. The van der Waals surface area contributed by atoms with E-state index in [1.165, 1.54) is 5.19 Å². The number of phenolic OH excluding ortho intramolecular Hbond substituents is 1. The van der Waals surface area contributed by atoms with Crippen LogP contribution < -0.4 is 14.7 Å². The van der Waals surface area contributed by atoms with E-state index in [0.717, 1.165) is 16.9 Å². The van der Waals surface area contributed by atoms with E-state index in [0.29, 0.717) is 24.0 Å². The SMILES string of the molecule is CC(C)(C)c1cc(OC[Si](C)(C)c2ccccc2)c(OC[Si](C)(C)C)c(C(C)(C)C)c1O. The zero-order valence-corrected chi connectivity index (χ0v) is 24.1. The highest BCUT2D eigenvalue weighted by atomic mass is 28.3. The summed E-state index contributed by atoms with van der Waals surface area (Å²) in [6, 6.07) is 12.7. The number of ether oxygens (including phenoxy) is 2. The number of hydrogen-bond acceptors (Lipinski definition) is 3. The van der Waals surface area contributed by atoms with Crippen molar-refractivity contribution in [1.29, 1.82) is 0 Å². The van der Waals surface area contributed by atoms with Crippen LogP contribution in [0.15, 0.2) is 36.4 Å². The summed E-state index contributed by atoms with van der Waals surface area (Å²) in [5, 5.41) is 12.8. The summed E-state index contributed by atoms with van der Waals surface area (Å²) in [5.74, 6) is 1.80. The van der Waals surface area contributed by atoms with Crippen LogP contribution in [0.3, 0.4) is 0 Å². The Hall–Kier alpha value is -1.73. The first-order chi connectivity index (χ1) is 14.4. The first-order valence-corrected chi connectivity index (χ1v) is 18.6. The van der Waals surface area contributed by atoms with Crippen molar-refractivity contribution in [2.24, 2.45) is 0 Å². The van der Waals surface area contributed by atoms with Crippen LogP contribution in [0.5, 0.6) is 17.2 Å². The first kappa shape index (κ1) is 26.5. The highest BCUT2D eigenvalue weighted by Crippen LogP contribution is 2.49. The van der Waals surface area contributed by atoms with E-state index in [-0.39, 0.29) is 10.8 Å². The molecule has 0 saturated carbocycles. The minimum absolute atomic E-state index is 0.216. The van der Waals surface area contributed by atoms with Crippen LogP contribution in [0.1, 0.15) is 52.7 Å². The molecule has 2 rings (SSSR count). The summed E-state index contributed by atoms with van der Waals surface area (Å²) < 4.78 is 13.1. The third kappa shape index (κ3) is 6.64. The Bertz CT molecular complexity index is 915. The smallest absolute Gasteiger partial charge is 0.168 e. The van der Waals surface area contributed by atoms with Crippen LogP contribution in [-0.2, 0) is 10.8 Å². The summed E-state index contributed by atoms with van der Waals surface area (Å²) >= 11 is 0. The van der Waals surface area contributed by atoms with Gasteiger partial charge in [-0.3, -0.25) is 0 Å². The number of benzene rings is 2. The maximum Gasteiger partial charge on any atom is 0.168 e. The van der Waals surface area contributed by atoms with Gasteiger partial charge in [-0.2, -0.15) is 0 Å². The molecule has 0 aromatic heterocycles. The van der Waals surface area contributed by atoms with Crippen molar-refractivity contribution < 1.29 is 14.6 Å². The molecule has 5 heteroatoms. The summed E-state index contributed by atoms with van der Waals surface area (Å²) in [6.45, 7) is 24.3. The Morgan fingerprint density at radius 3 is 1.81 bits per heavy atom. The molecule has 0 heterocycles. The van der Waals surface area contributed by atoms with Gasteiger partial charge in [0.05, 0.1) is 20.5 Å². The molecule has 0 bridgehead atoms. The molecular weight excluding hydrogens is 428 g/mol. The van der Waals surface area contributed by atoms with Gasteiger partial charge >= 0.3 is 0 Å². The molecule has 0 aliphatic heterocycles. The van der Waals surface area contributed by atoms with Gasteiger partial charge in [0, 0.05) is 11.1 Å². The van der Waals surface area contributed by atoms with E-state index in [1.807, 2.05) is 6.07 Å². The molecule has 0 aliphatic rings. The third-order valence-electron chi connectivity index (χ3n) is 5.57. The lowest BCUT2D eigenvalue weighted by molar-refractivity contribution is 0.306. The summed E-state index contributed by atoms with van der Waals surface area (Å²) in [4.78, 5) is 0. The Balaban J connectivity index is 2.62. The molecule has 0 unspecified atom stereocenters. The second-order valence-electron chi connectivity index (χ2n) is 12.9. The van der Waals surface area contributed by atoms with Crippen molar-refractivity contribution in [1.82, 2.24) is 0 Å². The summed E-state index contributed by atoms with van der Waals surface area (Å²) in [7, 11) is -3.29. The molecule has 1 N–H and O–H groups in total.